The van der Waals surface area contributed by atoms with Gasteiger partial charge in [-0.3, -0.25) is 4.98 Å². The largest absolute Gasteiger partial charge is 0.452 e. The number of hydrogen-bond donors (Lipinski definition) is 1. The maximum absolute atomic E-state index is 6.20. The van der Waals surface area contributed by atoms with E-state index in [1.807, 2.05) is 54.7 Å². The fourth-order valence-corrected chi connectivity index (χ4v) is 4.38. The van der Waals surface area contributed by atoms with Crippen LogP contribution in [-0.2, 0) is 0 Å². The first-order valence-electron chi connectivity index (χ1n) is 8.57. The number of nitrogens with zero attached hydrogens (tertiary/aromatic N) is 2. The molecule has 4 rings (SSSR count). The third kappa shape index (κ3) is 3.34. The molecule has 3 heterocycles. The predicted molar refractivity (Wildman–Crippen MR) is 107 cm³/mol. The lowest BCUT2D eigenvalue weighted by Gasteiger charge is -2.24. The summed E-state index contributed by atoms with van der Waals surface area (Å²) in [6.07, 6.45) is 1.81. The summed E-state index contributed by atoms with van der Waals surface area (Å²) in [5.41, 5.74) is 0.962. The standard InChI is InChI=1S/C20H19N3OS2/c1-2-23-19(18(22-20(23)25)15-10-6-7-13-21-15)16-11-12-17(24-16)26-14-8-4-3-5-9-14/h3-13,18-19H,2H2,1H3,(H,22,25)/t18-,19+/m0/s1. The van der Waals surface area contributed by atoms with Gasteiger partial charge in [-0.2, -0.15) is 0 Å². The van der Waals surface area contributed by atoms with Crippen LogP contribution in [0.5, 0.6) is 0 Å². The minimum absolute atomic E-state index is 0.00692. The summed E-state index contributed by atoms with van der Waals surface area (Å²) in [4.78, 5) is 7.83. The SMILES string of the molecule is CCN1C(=S)N[C@@H](c2ccccn2)[C@H]1c1ccc(Sc2ccccc2)o1. The molecule has 26 heavy (non-hydrogen) atoms. The smallest absolute Gasteiger partial charge is 0.170 e. The Kier molecular flexibility index (Phi) is 4.95. The molecule has 0 aliphatic carbocycles. The Hall–Kier alpha value is -2.31. The van der Waals surface area contributed by atoms with Gasteiger partial charge in [0.05, 0.1) is 11.7 Å². The Morgan fingerprint density at radius 2 is 1.92 bits per heavy atom. The van der Waals surface area contributed by atoms with Crippen LogP contribution >= 0.6 is 24.0 Å². The van der Waals surface area contributed by atoms with E-state index in [4.69, 9.17) is 16.6 Å². The van der Waals surface area contributed by atoms with Gasteiger partial charge in [0.2, 0.25) is 0 Å². The van der Waals surface area contributed by atoms with E-state index in [0.717, 1.165) is 33.1 Å². The number of rotatable bonds is 5. The summed E-state index contributed by atoms with van der Waals surface area (Å²) >= 11 is 7.17. The molecule has 0 saturated carbocycles. The van der Waals surface area contributed by atoms with Crippen molar-refractivity contribution in [2.45, 2.75) is 29.0 Å². The highest BCUT2D eigenvalue weighted by Gasteiger charge is 2.40. The van der Waals surface area contributed by atoms with E-state index in [0.29, 0.717) is 0 Å². The first-order valence-corrected chi connectivity index (χ1v) is 9.79. The second-order valence-corrected chi connectivity index (χ2v) is 7.45. The fourth-order valence-electron chi connectivity index (χ4n) is 3.21. The van der Waals surface area contributed by atoms with E-state index in [2.05, 4.69) is 34.3 Å². The second kappa shape index (κ2) is 7.51. The van der Waals surface area contributed by atoms with E-state index < -0.39 is 0 Å². The average molecular weight is 382 g/mol. The van der Waals surface area contributed by atoms with Crippen LogP contribution < -0.4 is 5.32 Å². The molecule has 0 spiro atoms. The maximum atomic E-state index is 6.20. The Bertz CT molecular complexity index is 882. The van der Waals surface area contributed by atoms with E-state index in [1.165, 1.54) is 0 Å². The van der Waals surface area contributed by atoms with Crippen molar-refractivity contribution in [3.05, 3.63) is 78.3 Å². The normalized spacial score (nSPS) is 19.6. The van der Waals surface area contributed by atoms with Crippen molar-refractivity contribution < 1.29 is 4.42 Å². The fraction of sp³-hybridized carbons (Fsp3) is 0.200. The van der Waals surface area contributed by atoms with Gasteiger partial charge in [-0.15, -0.1) is 0 Å². The van der Waals surface area contributed by atoms with Crippen LogP contribution in [0.1, 0.15) is 30.5 Å². The van der Waals surface area contributed by atoms with E-state index in [-0.39, 0.29) is 12.1 Å². The first-order chi connectivity index (χ1) is 12.8. The Morgan fingerprint density at radius 3 is 2.65 bits per heavy atom. The Labute approximate surface area is 162 Å². The predicted octanol–water partition coefficient (Wildman–Crippen LogP) is 4.82. The topological polar surface area (TPSA) is 41.3 Å². The number of nitrogens with one attached hydrogen (secondary N) is 1. The summed E-state index contributed by atoms with van der Waals surface area (Å²) < 4.78 is 6.20. The molecule has 1 aliphatic heterocycles. The molecule has 6 heteroatoms. The molecule has 2 aromatic heterocycles. The van der Waals surface area contributed by atoms with Crippen molar-refractivity contribution in [2.24, 2.45) is 0 Å². The lowest BCUT2D eigenvalue weighted by Crippen LogP contribution is -2.29. The number of hydrogen-bond acceptors (Lipinski definition) is 4. The van der Waals surface area contributed by atoms with Crippen molar-refractivity contribution in [1.29, 1.82) is 0 Å². The van der Waals surface area contributed by atoms with Gasteiger partial charge in [0.15, 0.2) is 10.2 Å². The molecule has 0 amide bonds. The van der Waals surface area contributed by atoms with Gasteiger partial charge in [0.1, 0.15) is 11.8 Å². The summed E-state index contributed by atoms with van der Waals surface area (Å²) in [6.45, 7) is 2.91. The number of thiocarbonyl (C=S) groups is 1. The van der Waals surface area contributed by atoms with Gasteiger partial charge < -0.3 is 14.6 Å². The summed E-state index contributed by atoms with van der Waals surface area (Å²) in [5.74, 6) is 0.897. The lowest BCUT2D eigenvalue weighted by atomic mass is 10.0. The van der Waals surface area contributed by atoms with Crippen LogP contribution in [0.2, 0.25) is 0 Å². The van der Waals surface area contributed by atoms with Gasteiger partial charge in [-0.1, -0.05) is 36.0 Å². The minimum atomic E-state index is -0.0237. The molecule has 1 saturated heterocycles. The van der Waals surface area contributed by atoms with Crippen molar-refractivity contribution in [3.63, 3.8) is 0 Å². The lowest BCUT2D eigenvalue weighted by molar-refractivity contribution is 0.267. The highest BCUT2D eigenvalue weighted by Crippen LogP contribution is 2.40. The van der Waals surface area contributed by atoms with Gasteiger partial charge >= 0.3 is 0 Å². The van der Waals surface area contributed by atoms with E-state index in [1.54, 1.807) is 11.8 Å². The minimum Gasteiger partial charge on any atom is -0.452 e. The summed E-state index contributed by atoms with van der Waals surface area (Å²) in [7, 11) is 0. The zero-order valence-corrected chi connectivity index (χ0v) is 16.0. The molecule has 3 aromatic rings. The van der Waals surface area contributed by atoms with Crippen molar-refractivity contribution in [1.82, 2.24) is 15.2 Å². The Morgan fingerprint density at radius 1 is 1.12 bits per heavy atom. The Balaban J connectivity index is 1.64. The van der Waals surface area contributed by atoms with Gasteiger partial charge in [-0.25, -0.2) is 0 Å². The summed E-state index contributed by atoms with van der Waals surface area (Å²) in [5, 5.41) is 5.02. The van der Waals surface area contributed by atoms with E-state index in [9.17, 15) is 0 Å². The molecule has 132 valence electrons. The molecule has 1 aliphatic rings. The molecule has 4 nitrogen and oxygen atoms in total. The van der Waals surface area contributed by atoms with E-state index >= 15 is 0 Å². The molecule has 1 aromatic carbocycles. The number of benzene rings is 1. The van der Waals surface area contributed by atoms with Crippen LogP contribution in [0.4, 0.5) is 0 Å². The van der Waals surface area contributed by atoms with Crippen LogP contribution in [0.25, 0.3) is 0 Å². The number of furan rings is 1. The third-order valence-electron chi connectivity index (χ3n) is 4.39. The molecule has 1 fully saturated rings. The van der Waals surface area contributed by atoms with Crippen LogP contribution in [0.3, 0.4) is 0 Å². The third-order valence-corrected chi connectivity index (χ3v) is 5.67. The maximum Gasteiger partial charge on any atom is 0.170 e. The van der Waals surface area contributed by atoms with Crippen molar-refractivity contribution in [2.75, 3.05) is 6.54 Å². The van der Waals surface area contributed by atoms with Gasteiger partial charge in [-0.05, 0) is 55.5 Å². The van der Waals surface area contributed by atoms with Gasteiger partial charge in [0.25, 0.3) is 0 Å². The highest BCUT2D eigenvalue weighted by molar-refractivity contribution is 7.99. The first kappa shape index (κ1) is 17.1. The second-order valence-electron chi connectivity index (χ2n) is 5.98. The monoisotopic (exact) mass is 381 g/mol. The van der Waals surface area contributed by atoms with Crippen LogP contribution in [0.15, 0.2) is 81.3 Å². The highest BCUT2D eigenvalue weighted by atomic mass is 32.2. The molecular formula is C20H19N3OS2. The van der Waals surface area contributed by atoms with Crippen molar-refractivity contribution in [3.8, 4) is 0 Å². The molecule has 0 radical (unpaired) electrons. The number of pyridine rings is 1. The van der Waals surface area contributed by atoms with Crippen LogP contribution in [0, 0.1) is 0 Å². The molecular weight excluding hydrogens is 362 g/mol. The van der Waals surface area contributed by atoms with Crippen molar-refractivity contribution >= 4 is 29.1 Å². The number of likely N-dealkylation sites (N-methyl/N-ethyl adjacent to an activating group) is 1. The summed E-state index contributed by atoms with van der Waals surface area (Å²) in [6, 6.07) is 20.2. The average Bonchev–Trinajstić information content (AvgIpc) is 3.27. The molecule has 0 bridgehead atoms. The van der Waals surface area contributed by atoms with Crippen LogP contribution in [-0.4, -0.2) is 21.5 Å². The quantitative estimate of drug-likeness (QED) is 0.639. The molecule has 0 unspecified atom stereocenters. The number of aromatic nitrogens is 1. The zero-order chi connectivity index (χ0) is 17.9. The molecule has 1 N–H and O–H groups in total. The van der Waals surface area contributed by atoms with Gasteiger partial charge in [0, 0.05) is 17.6 Å². The zero-order valence-electron chi connectivity index (χ0n) is 14.3. The molecule has 2 atom stereocenters.